The largest absolute Gasteiger partial charge is 0.493 e. The van der Waals surface area contributed by atoms with E-state index in [-0.39, 0.29) is 12.5 Å². The van der Waals surface area contributed by atoms with Gasteiger partial charge in [-0.2, -0.15) is 0 Å². The van der Waals surface area contributed by atoms with Gasteiger partial charge in [0.25, 0.3) is 5.91 Å². The first kappa shape index (κ1) is 21.7. The maximum Gasteiger partial charge on any atom is 0.338 e. The molecule has 3 rings (SSSR count). The molecule has 0 aliphatic carbocycles. The van der Waals surface area contributed by atoms with Gasteiger partial charge in [0, 0.05) is 24.5 Å². The number of hydrogen-bond donors (Lipinski definition) is 1. The Morgan fingerprint density at radius 1 is 0.967 bits per heavy atom. The third-order valence-electron chi connectivity index (χ3n) is 4.88. The van der Waals surface area contributed by atoms with Crippen LogP contribution < -0.4 is 15.0 Å². The number of rotatable bonds is 8. The van der Waals surface area contributed by atoms with Gasteiger partial charge >= 0.3 is 5.97 Å². The van der Waals surface area contributed by atoms with Crippen LogP contribution in [0.25, 0.3) is 0 Å². The van der Waals surface area contributed by atoms with Crippen molar-refractivity contribution < 1.29 is 19.1 Å². The van der Waals surface area contributed by atoms with Gasteiger partial charge in [0.1, 0.15) is 5.75 Å². The molecule has 1 aliphatic rings. The predicted octanol–water partition coefficient (Wildman–Crippen LogP) is 4.51. The second-order valence-electron chi connectivity index (χ2n) is 7.95. The summed E-state index contributed by atoms with van der Waals surface area (Å²) in [6, 6.07) is 14.5. The summed E-state index contributed by atoms with van der Waals surface area (Å²) in [4.78, 5) is 26.6. The van der Waals surface area contributed by atoms with Crippen molar-refractivity contribution in [3.63, 3.8) is 0 Å². The maximum atomic E-state index is 12.2. The monoisotopic (exact) mass is 410 g/mol. The summed E-state index contributed by atoms with van der Waals surface area (Å²) in [7, 11) is 0. The second kappa shape index (κ2) is 10.7. The summed E-state index contributed by atoms with van der Waals surface area (Å²) in [5.74, 6) is 0.215. The lowest BCUT2D eigenvalue weighted by Gasteiger charge is -2.28. The number of ether oxygens (including phenoxy) is 2. The molecule has 6 nitrogen and oxygen atoms in total. The molecule has 6 heteroatoms. The van der Waals surface area contributed by atoms with E-state index in [1.54, 1.807) is 24.3 Å². The van der Waals surface area contributed by atoms with Crippen LogP contribution in [0.5, 0.6) is 5.75 Å². The van der Waals surface area contributed by atoms with E-state index in [9.17, 15) is 9.59 Å². The van der Waals surface area contributed by atoms with Crippen LogP contribution in [0.3, 0.4) is 0 Å². The molecule has 0 saturated carbocycles. The topological polar surface area (TPSA) is 67.9 Å². The Balaban J connectivity index is 1.44. The molecule has 0 atom stereocenters. The van der Waals surface area contributed by atoms with Gasteiger partial charge in [0.2, 0.25) is 0 Å². The van der Waals surface area contributed by atoms with E-state index >= 15 is 0 Å². The lowest BCUT2D eigenvalue weighted by molar-refractivity contribution is -0.119. The van der Waals surface area contributed by atoms with Gasteiger partial charge in [0.15, 0.2) is 6.61 Å². The van der Waals surface area contributed by atoms with Crippen molar-refractivity contribution in [2.24, 2.45) is 5.92 Å². The number of nitrogens with one attached hydrogen (secondary N) is 1. The standard InChI is InChI=1S/C24H30N2O4/c1-18(2)16-29-22-12-6-19(7-13-22)24(28)30-17-23(27)25-20-8-10-21(11-9-20)26-14-4-3-5-15-26/h6-13,18H,3-5,14-17H2,1-2H3,(H,25,27). The fraction of sp³-hybridized carbons (Fsp3) is 0.417. The smallest absolute Gasteiger partial charge is 0.338 e. The Bertz CT molecular complexity index is 825. The van der Waals surface area contributed by atoms with Crippen LogP contribution in [0.4, 0.5) is 11.4 Å². The molecule has 1 aliphatic heterocycles. The van der Waals surface area contributed by atoms with Crippen LogP contribution in [0, 0.1) is 5.92 Å². The molecule has 0 spiro atoms. The normalized spacial score (nSPS) is 13.8. The van der Waals surface area contributed by atoms with Crippen molar-refractivity contribution in [1.82, 2.24) is 0 Å². The van der Waals surface area contributed by atoms with Gasteiger partial charge in [0.05, 0.1) is 12.2 Å². The number of piperidine rings is 1. The predicted molar refractivity (Wildman–Crippen MR) is 118 cm³/mol. The van der Waals surface area contributed by atoms with E-state index in [4.69, 9.17) is 9.47 Å². The van der Waals surface area contributed by atoms with Crippen molar-refractivity contribution in [3.8, 4) is 5.75 Å². The highest BCUT2D eigenvalue weighted by atomic mass is 16.5. The van der Waals surface area contributed by atoms with E-state index in [0.717, 1.165) is 13.1 Å². The van der Waals surface area contributed by atoms with E-state index in [1.807, 2.05) is 24.3 Å². The summed E-state index contributed by atoms with van der Waals surface area (Å²) in [6.45, 7) is 6.57. The highest BCUT2D eigenvalue weighted by Crippen LogP contribution is 2.21. The molecular weight excluding hydrogens is 380 g/mol. The first-order chi connectivity index (χ1) is 14.5. The Kier molecular flexibility index (Phi) is 7.71. The van der Waals surface area contributed by atoms with Gasteiger partial charge in [-0.15, -0.1) is 0 Å². The number of anilines is 2. The molecule has 0 radical (unpaired) electrons. The number of hydrogen-bond acceptors (Lipinski definition) is 5. The van der Waals surface area contributed by atoms with Gasteiger partial charge in [-0.1, -0.05) is 13.8 Å². The molecule has 1 saturated heterocycles. The van der Waals surface area contributed by atoms with Crippen LogP contribution in [0.2, 0.25) is 0 Å². The van der Waals surface area contributed by atoms with Gasteiger partial charge in [-0.25, -0.2) is 4.79 Å². The number of carbonyl (C=O) groups is 2. The van der Waals surface area contributed by atoms with Gasteiger partial charge in [-0.05, 0) is 73.7 Å². The van der Waals surface area contributed by atoms with Crippen LogP contribution in [-0.2, 0) is 9.53 Å². The molecule has 0 unspecified atom stereocenters. The second-order valence-corrected chi connectivity index (χ2v) is 7.95. The molecule has 1 amide bonds. The molecule has 160 valence electrons. The van der Waals surface area contributed by atoms with Crippen molar-refractivity contribution >= 4 is 23.3 Å². The van der Waals surface area contributed by atoms with Crippen molar-refractivity contribution in [1.29, 1.82) is 0 Å². The zero-order chi connectivity index (χ0) is 21.3. The average molecular weight is 411 g/mol. The van der Waals surface area contributed by atoms with E-state index < -0.39 is 5.97 Å². The zero-order valence-corrected chi connectivity index (χ0v) is 17.7. The number of nitrogens with zero attached hydrogens (tertiary/aromatic N) is 1. The van der Waals surface area contributed by atoms with Crippen LogP contribution in [-0.4, -0.2) is 38.2 Å². The van der Waals surface area contributed by atoms with Gasteiger partial charge < -0.3 is 19.7 Å². The fourth-order valence-corrected chi connectivity index (χ4v) is 3.27. The van der Waals surface area contributed by atoms with Crippen LogP contribution >= 0.6 is 0 Å². The lowest BCUT2D eigenvalue weighted by atomic mass is 10.1. The SMILES string of the molecule is CC(C)COc1ccc(C(=O)OCC(=O)Nc2ccc(N3CCCCC3)cc2)cc1. The molecule has 2 aromatic rings. The van der Waals surface area contributed by atoms with Gasteiger partial charge in [-0.3, -0.25) is 4.79 Å². The van der Waals surface area contributed by atoms with Crippen molar-refractivity contribution in [2.75, 3.05) is 36.5 Å². The first-order valence-corrected chi connectivity index (χ1v) is 10.6. The summed E-state index contributed by atoms with van der Waals surface area (Å²) in [5, 5.41) is 2.76. The van der Waals surface area contributed by atoms with Crippen molar-refractivity contribution in [3.05, 3.63) is 54.1 Å². The Morgan fingerprint density at radius 3 is 2.27 bits per heavy atom. The lowest BCUT2D eigenvalue weighted by Crippen LogP contribution is -2.29. The molecule has 1 heterocycles. The molecule has 0 bridgehead atoms. The average Bonchev–Trinajstić information content (AvgIpc) is 2.77. The maximum absolute atomic E-state index is 12.2. The van der Waals surface area contributed by atoms with E-state index in [2.05, 4.69) is 24.1 Å². The summed E-state index contributed by atoms with van der Waals surface area (Å²) in [5.41, 5.74) is 2.23. The minimum Gasteiger partial charge on any atom is -0.493 e. The minimum absolute atomic E-state index is 0.335. The fourth-order valence-electron chi connectivity index (χ4n) is 3.27. The van der Waals surface area contributed by atoms with Crippen molar-refractivity contribution in [2.45, 2.75) is 33.1 Å². The first-order valence-electron chi connectivity index (χ1n) is 10.6. The third-order valence-corrected chi connectivity index (χ3v) is 4.88. The summed E-state index contributed by atoms with van der Waals surface area (Å²) >= 11 is 0. The Morgan fingerprint density at radius 2 is 1.63 bits per heavy atom. The Hall–Kier alpha value is -3.02. The molecule has 30 heavy (non-hydrogen) atoms. The van der Waals surface area contributed by atoms with Crippen LogP contribution in [0.1, 0.15) is 43.5 Å². The Labute approximate surface area is 178 Å². The van der Waals surface area contributed by atoms with E-state index in [1.165, 1.54) is 24.9 Å². The quantitative estimate of drug-likeness (QED) is 0.649. The zero-order valence-electron chi connectivity index (χ0n) is 17.7. The number of benzene rings is 2. The number of amides is 1. The summed E-state index contributed by atoms with van der Waals surface area (Å²) < 4.78 is 10.7. The molecule has 1 N–H and O–H groups in total. The molecule has 0 aromatic heterocycles. The molecular formula is C24H30N2O4. The number of carbonyl (C=O) groups excluding carboxylic acids is 2. The molecule has 1 fully saturated rings. The highest BCUT2D eigenvalue weighted by molar-refractivity contribution is 5.95. The summed E-state index contributed by atoms with van der Waals surface area (Å²) in [6.07, 6.45) is 3.73. The van der Waals surface area contributed by atoms with Crippen LogP contribution in [0.15, 0.2) is 48.5 Å². The molecule has 2 aromatic carbocycles. The highest BCUT2D eigenvalue weighted by Gasteiger charge is 2.13. The minimum atomic E-state index is -0.541. The van der Waals surface area contributed by atoms with E-state index in [0.29, 0.717) is 29.5 Å². The third kappa shape index (κ3) is 6.51. The number of esters is 1.